The van der Waals surface area contributed by atoms with E-state index in [1.807, 2.05) is 29.2 Å². The highest BCUT2D eigenvalue weighted by molar-refractivity contribution is 9.10. The van der Waals surface area contributed by atoms with Crippen LogP contribution < -0.4 is 10.6 Å². The predicted octanol–water partition coefficient (Wildman–Crippen LogP) is 4.46. The van der Waals surface area contributed by atoms with Crippen molar-refractivity contribution in [1.29, 1.82) is 0 Å². The van der Waals surface area contributed by atoms with E-state index in [1.54, 1.807) is 0 Å². The van der Waals surface area contributed by atoms with Crippen LogP contribution in [0.2, 0.25) is 0 Å². The van der Waals surface area contributed by atoms with Crippen molar-refractivity contribution in [3.8, 4) is 0 Å². The summed E-state index contributed by atoms with van der Waals surface area (Å²) in [6, 6.07) is 15.7. The van der Waals surface area contributed by atoms with Gasteiger partial charge in [0.15, 0.2) is 0 Å². The molecule has 0 heterocycles. The fourth-order valence-corrected chi connectivity index (χ4v) is 3.10. The molecule has 2 N–H and O–H groups in total. The summed E-state index contributed by atoms with van der Waals surface area (Å²) in [4.78, 5) is 26.5. The number of hydrogen-bond acceptors (Lipinski definition) is 2. The fourth-order valence-electron chi connectivity index (χ4n) is 2.83. The maximum atomic E-state index is 12.6. The zero-order chi connectivity index (χ0) is 19.2. The van der Waals surface area contributed by atoms with Gasteiger partial charge in [-0.05, 0) is 49.6 Å². The molecular weight excluding hydrogens is 406 g/mol. The topological polar surface area (TPSA) is 61.4 Å². The third-order valence-electron chi connectivity index (χ3n) is 4.51. The van der Waals surface area contributed by atoms with E-state index in [-0.39, 0.29) is 11.9 Å². The highest BCUT2D eigenvalue weighted by Gasteiger charge is 2.32. The zero-order valence-corrected chi connectivity index (χ0v) is 17.0. The summed E-state index contributed by atoms with van der Waals surface area (Å²) in [7, 11) is 0. The van der Waals surface area contributed by atoms with Gasteiger partial charge >= 0.3 is 6.03 Å². The number of urea groups is 1. The lowest BCUT2D eigenvalue weighted by Crippen LogP contribution is -2.36. The van der Waals surface area contributed by atoms with Gasteiger partial charge in [-0.25, -0.2) is 4.79 Å². The monoisotopic (exact) mass is 429 g/mol. The van der Waals surface area contributed by atoms with E-state index in [1.165, 1.54) is 5.56 Å². The molecule has 0 saturated heterocycles. The summed E-state index contributed by atoms with van der Waals surface area (Å²) >= 11 is 3.36. The van der Waals surface area contributed by atoms with Crippen molar-refractivity contribution in [2.24, 2.45) is 0 Å². The minimum atomic E-state index is -0.304. The first-order valence-corrected chi connectivity index (χ1v) is 9.96. The van der Waals surface area contributed by atoms with E-state index in [9.17, 15) is 9.59 Å². The molecule has 1 saturated carbocycles. The molecule has 0 atom stereocenters. The number of anilines is 1. The summed E-state index contributed by atoms with van der Waals surface area (Å²) in [5.74, 6) is 0.0852. The molecule has 2 aromatic rings. The zero-order valence-electron chi connectivity index (χ0n) is 15.4. The molecule has 0 spiro atoms. The molecule has 3 amide bonds. The van der Waals surface area contributed by atoms with E-state index in [4.69, 9.17) is 0 Å². The average molecular weight is 430 g/mol. The van der Waals surface area contributed by atoms with Crippen LogP contribution in [0.5, 0.6) is 0 Å². The van der Waals surface area contributed by atoms with Crippen LogP contribution in [0, 0.1) is 6.92 Å². The lowest BCUT2D eigenvalue weighted by molar-refractivity contribution is -0.132. The Kier molecular flexibility index (Phi) is 6.50. The van der Waals surface area contributed by atoms with E-state index in [0.717, 1.165) is 22.9 Å². The molecule has 5 nitrogen and oxygen atoms in total. The van der Waals surface area contributed by atoms with Crippen molar-refractivity contribution in [1.82, 2.24) is 10.2 Å². The molecule has 0 aromatic heterocycles. The third kappa shape index (κ3) is 6.10. The standard InChI is InChI=1S/C21H24BrN3O2/c1-15-2-4-16(5-3-15)14-25(19-10-11-19)20(26)12-13-23-21(27)24-18-8-6-17(22)7-9-18/h2-9,19H,10-14H2,1H3,(H2,23,24,27). The molecule has 0 bridgehead atoms. The Morgan fingerprint density at radius 1 is 1.07 bits per heavy atom. The van der Waals surface area contributed by atoms with Gasteiger partial charge in [-0.1, -0.05) is 45.8 Å². The lowest BCUT2D eigenvalue weighted by Gasteiger charge is -2.23. The van der Waals surface area contributed by atoms with Crippen LogP contribution in [-0.2, 0) is 11.3 Å². The number of carbonyl (C=O) groups is 2. The summed E-state index contributed by atoms with van der Waals surface area (Å²) in [6.45, 7) is 3.01. The Morgan fingerprint density at radius 3 is 2.37 bits per heavy atom. The van der Waals surface area contributed by atoms with E-state index in [2.05, 4.69) is 57.8 Å². The van der Waals surface area contributed by atoms with Crippen molar-refractivity contribution < 1.29 is 9.59 Å². The maximum absolute atomic E-state index is 12.6. The van der Waals surface area contributed by atoms with Gasteiger partial charge in [0.1, 0.15) is 0 Å². The van der Waals surface area contributed by atoms with E-state index in [0.29, 0.717) is 31.2 Å². The Hall–Kier alpha value is -2.34. The van der Waals surface area contributed by atoms with Gasteiger partial charge in [0.05, 0.1) is 0 Å². The number of hydrogen-bond donors (Lipinski definition) is 2. The number of nitrogens with zero attached hydrogens (tertiary/aromatic N) is 1. The number of rotatable bonds is 7. The first kappa shape index (κ1) is 19.4. The summed E-state index contributed by atoms with van der Waals surface area (Å²) < 4.78 is 0.952. The Balaban J connectivity index is 1.45. The normalized spacial score (nSPS) is 13.1. The SMILES string of the molecule is Cc1ccc(CN(C(=O)CCNC(=O)Nc2ccc(Br)cc2)C2CC2)cc1. The fraction of sp³-hybridized carbons (Fsp3) is 0.333. The smallest absolute Gasteiger partial charge is 0.319 e. The molecule has 1 aliphatic carbocycles. The molecule has 0 unspecified atom stereocenters. The first-order chi connectivity index (χ1) is 13.0. The van der Waals surface area contributed by atoms with Crippen molar-refractivity contribution in [3.05, 3.63) is 64.1 Å². The molecule has 1 aliphatic rings. The first-order valence-electron chi connectivity index (χ1n) is 9.17. The number of aryl methyl sites for hydroxylation is 1. The summed E-state index contributed by atoms with van der Waals surface area (Å²) in [5.41, 5.74) is 3.06. The molecule has 27 heavy (non-hydrogen) atoms. The maximum Gasteiger partial charge on any atom is 0.319 e. The molecule has 1 fully saturated rings. The molecule has 0 aliphatic heterocycles. The highest BCUT2D eigenvalue weighted by atomic mass is 79.9. The average Bonchev–Trinajstić information content (AvgIpc) is 3.48. The van der Waals surface area contributed by atoms with Crippen LogP contribution in [-0.4, -0.2) is 29.4 Å². The predicted molar refractivity (Wildman–Crippen MR) is 111 cm³/mol. The second-order valence-electron chi connectivity index (χ2n) is 6.88. The van der Waals surface area contributed by atoms with Gasteiger partial charge in [-0.15, -0.1) is 0 Å². The molecule has 0 radical (unpaired) electrons. The van der Waals surface area contributed by atoms with Gasteiger partial charge in [0.25, 0.3) is 0 Å². The lowest BCUT2D eigenvalue weighted by atomic mass is 10.1. The second kappa shape index (κ2) is 9.04. The van der Waals surface area contributed by atoms with Crippen LogP contribution in [0.1, 0.15) is 30.4 Å². The number of nitrogens with one attached hydrogen (secondary N) is 2. The van der Waals surface area contributed by atoms with Gasteiger partial charge in [0, 0.05) is 35.7 Å². The largest absolute Gasteiger partial charge is 0.337 e. The van der Waals surface area contributed by atoms with Crippen molar-refractivity contribution in [3.63, 3.8) is 0 Å². The molecular formula is C21H24BrN3O2. The molecule has 2 aromatic carbocycles. The minimum Gasteiger partial charge on any atom is -0.337 e. The Morgan fingerprint density at radius 2 is 1.74 bits per heavy atom. The van der Waals surface area contributed by atoms with Crippen LogP contribution in [0.3, 0.4) is 0 Å². The van der Waals surface area contributed by atoms with E-state index >= 15 is 0 Å². The Labute approximate surface area is 168 Å². The van der Waals surface area contributed by atoms with Crippen LogP contribution in [0.25, 0.3) is 0 Å². The van der Waals surface area contributed by atoms with Crippen molar-refractivity contribution in [2.75, 3.05) is 11.9 Å². The number of benzene rings is 2. The van der Waals surface area contributed by atoms with Gasteiger partial charge in [0.2, 0.25) is 5.91 Å². The van der Waals surface area contributed by atoms with E-state index < -0.39 is 0 Å². The van der Waals surface area contributed by atoms with Crippen LogP contribution in [0.15, 0.2) is 53.0 Å². The molecule has 6 heteroatoms. The quantitative estimate of drug-likeness (QED) is 0.682. The highest BCUT2D eigenvalue weighted by Crippen LogP contribution is 2.29. The van der Waals surface area contributed by atoms with Gasteiger partial charge in [-0.3, -0.25) is 4.79 Å². The van der Waals surface area contributed by atoms with Crippen molar-refractivity contribution in [2.45, 2.75) is 38.8 Å². The number of halogens is 1. The molecule has 3 rings (SSSR count). The van der Waals surface area contributed by atoms with Gasteiger partial charge < -0.3 is 15.5 Å². The van der Waals surface area contributed by atoms with Crippen LogP contribution >= 0.6 is 15.9 Å². The molecule has 142 valence electrons. The minimum absolute atomic E-state index is 0.0852. The summed E-state index contributed by atoms with van der Waals surface area (Å²) in [5, 5.41) is 5.51. The third-order valence-corrected chi connectivity index (χ3v) is 5.04. The Bertz CT molecular complexity index is 786. The summed E-state index contributed by atoms with van der Waals surface area (Å²) in [6.07, 6.45) is 2.43. The van der Waals surface area contributed by atoms with Crippen molar-refractivity contribution >= 4 is 33.6 Å². The van der Waals surface area contributed by atoms with Gasteiger partial charge in [-0.2, -0.15) is 0 Å². The number of amides is 3. The number of carbonyl (C=O) groups excluding carboxylic acids is 2. The van der Waals surface area contributed by atoms with Crippen LogP contribution in [0.4, 0.5) is 10.5 Å². The second-order valence-corrected chi connectivity index (χ2v) is 7.79.